The van der Waals surface area contributed by atoms with E-state index in [2.05, 4.69) is 44.0 Å². The monoisotopic (exact) mass is 400 g/mol. The molecule has 6 heteroatoms. The maximum atomic E-state index is 11.7. The Morgan fingerprint density at radius 2 is 1.10 bits per heavy atom. The van der Waals surface area contributed by atoms with E-state index >= 15 is 0 Å². The van der Waals surface area contributed by atoms with Crippen molar-refractivity contribution in [1.29, 1.82) is 0 Å². The zero-order chi connectivity index (χ0) is 14.3. The van der Waals surface area contributed by atoms with E-state index in [1.165, 1.54) is 22.3 Å². The second-order valence-corrected chi connectivity index (χ2v) is 6.28. The Balaban J connectivity index is 1.81. The Morgan fingerprint density at radius 3 is 1.35 bits per heavy atom. The quantitative estimate of drug-likeness (QED) is 0.712. The van der Waals surface area contributed by atoms with Gasteiger partial charge in [0.25, 0.3) is 0 Å². The van der Waals surface area contributed by atoms with Crippen LogP contribution in [0.5, 0.6) is 0 Å². The highest BCUT2D eigenvalue weighted by Crippen LogP contribution is 2.31. The van der Waals surface area contributed by atoms with E-state index in [-0.39, 0.29) is 11.8 Å². The first-order chi connectivity index (χ1) is 9.62. The molecule has 2 amide bonds. The number of carbonyl (C=O) groups is 2. The lowest BCUT2D eigenvalue weighted by atomic mass is 10.0. The third-order valence-corrected chi connectivity index (χ3v) is 4.86. The molecule has 0 aromatic heterocycles. The summed E-state index contributed by atoms with van der Waals surface area (Å²) >= 11 is 6.43. The molecule has 4 nitrogen and oxygen atoms in total. The highest BCUT2D eigenvalue weighted by atomic mass is 79.9. The molecule has 1 aromatic rings. The molecular weight excluding hydrogens is 388 g/mol. The van der Waals surface area contributed by atoms with Gasteiger partial charge < -0.3 is 9.80 Å². The Bertz CT molecular complexity index is 507. The van der Waals surface area contributed by atoms with E-state index < -0.39 is 0 Å². The molecule has 0 radical (unpaired) electrons. The van der Waals surface area contributed by atoms with Crippen molar-refractivity contribution in [3.05, 3.63) is 34.4 Å². The Kier molecular flexibility index (Phi) is 3.86. The molecule has 2 aliphatic rings. The number of fused-ring (bicyclic) bond motifs is 2. The van der Waals surface area contributed by atoms with Gasteiger partial charge in [-0.1, -0.05) is 44.0 Å². The number of amides is 2. The van der Waals surface area contributed by atoms with Crippen molar-refractivity contribution < 1.29 is 9.59 Å². The molecule has 2 heterocycles. The van der Waals surface area contributed by atoms with E-state index in [1.807, 2.05) is 9.80 Å². The normalized spacial score (nSPS) is 16.3. The number of carbonyl (C=O) groups excluding carboxylic acids is 2. The van der Waals surface area contributed by atoms with Gasteiger partial charge in [-0.25, -0.2) is 0 Å². The largest absolute Gasteiger partial charge is 0.333 e. The molecule has 2 aliphatic heterocycles. The summed E-state index contributed by atoms with van der Waals surface area (Å²) in [6, 6.07) is 4.32. The molecule has 0 saturated heterocycles. The molecule has 0 N–H and O–H groups in total. The maximum Gasteiger partial charge on any atom is 0.233 e. The predicted molar refractivity (Wildman–Crippen MR) is 82.5 cm³/mol. The zero-order valence-corrected chi connectivity index (χ0v) is 14.0. The van der Waals surface area contributed by atoms with Gasteiger partial charge in [0.2, 0.25) is 11.8 Å². The van der Waals surface area contributed by atoms with Crippen LogP contribution in [-0.2, 0) is 35.8 Å². The topological polar surface area (TPSA) is 40.6 Å². The van der Waals surface area contributed by atoms with E-state index in [4.69, 9.17) is 0 Å². The lowest BCUT2D eigenvalue weighted by Gasteiger charge is -2.13. The molecule has 0 saturated carbocycles. The first-order valence-electron chi connectivity index (χ1n) is 6.43. The van der Waals surface area contributed by atoms with Gasteiger partial charge >= 0.3 is 0 Å². The number of halogens is 2. The minimum Gasteiger partial charge on any atom is -0.333 e. The summed E-state index contributed by atoms with van der Waals surface area (Å²) < 4.78 is 0. The van der Waals surface area contributed by atoms with Crippen molar-refractivity contribution in [1.82, 2.24) is 9.80 Å². The summed E-state index contributed by atoms with van der Waals surface area (Å²) in [7, 11) is 0. The van der Waals surface area contributed by atoms with Gasteiger partial charge in [0.1, 0.15) is 0 Å². The summed E-state index contributed by atoms with van der Waals surface area (Å²) in [5, 5.41) is 0.739. The predicted octanol–water partition coefficient (Wildman–Crippen LogP) is 2.16. The first-order valence-corrected chi connectivity index (χ1v) is 8.67. The molecule has 3 rings (SSSR count). The van der Waals surface area contributed by atoms with Crippen molar-refractivity contribution in [3.8, 4) is 0 Å². The van der Waals surface area contributed by atoms with Gasteiger partial charge in [-0.2, -0.15) is 0 Å². The Hall–Kier alpha value is -0.880. The van der Waals surface area contributed by atoms with Crippen molar-refractivity contribution in [2.24, 2.45) is 0 Å². The second kappa shape index (κ2) is 5.48. The van der Waals surface area contributed by atoms with Gasteiger partial charge in [0.15, 0.2) is 0 Å². The fraction of sp³-hybridized carbons (Fsp3) is 0.429. The third-order valence-electron chi connectivity index (χ3n) is 3.90. The van der Waals surface area contributed by atoms with Gasteiger partial charge in [-0.05, 0) is 22.3 Å². The van der Waals surface area contributed by atoms with Gasteiger partial charge in [-0.15, -0.1) is 0 Å². The Labute approximate surface area is 134 Å². The fourth-order valence-electron chi connectivity index (χ4n) is 2.84. The molecule has 0 aliphatic carbocycles. The van der Waals surface area contributed by atoms with Crippen molar-refractivity contribution in [3.63, 3.8) is 0 Å². The highest BCUT2D eigenvalue weighted by molar-refractivity contribution is 9.09. The summed E-state index contributed by atoms with van der Waals surface area (Å²) in [4.78, 5) is 27.2. The molecule has 0 unspecified atom stereocenters. The van der Waals surface area contributed by atoms with Crippen LogP contribution in [0.4, 0.5) is 0 Å². The summed E-state index contributed by atoms with van der Waals surface area (Å²) in [5.41, 5.74) is 4.86. The van der Waals surface area contributed by atoms with Crippen molar-refractivity contribution in [2.75, 3.05) is 10.7 Å². The molecular formula is C14H14Br2N2O2. The van der Waals surface area contributed by atoms with Crippen LogP contribution < -0.4 is 0 Å². The number of nitrogens with zero attached hydrogens (tertiary/aromatic N) is 2. The fourth-order valence-corrected chi connectivity index (χ4v) is 3.55. The third kappa shape index (κ3) is 2.39. The van der Waals surface area contributed by atoms with Crippen LogP contribution in [0.2, 0.25) is 0 Å². The van der Waals surface area contributed by atoms with Crippen LogP contribution in [0.15, 0.2) is 12.1 Å². The van der Waals surface area contributed by atoms with Crippen LogP contribution >= 0.6 is 31.9 Å². The standard InChI is InChI=1S/C14H14Br2N2O2/c15-3-13(19)17-5-9-1-10-6-18(14(20)4-16)8-12(10)2-11(9)7-17/h1-2H,3-8H2. The van der Waals surface area contributed by atoms with Crippen LogP contribution in [0.25, 0.3) is 0 Å². The lowest BCUT2D eigenvalue weighted by Crippen LogP contribution is -2.26. The smallest absolute Gasteiger partial charge is 0.233 e. The zero-order valence-electron chi connectivity index (χ0n) is 10.9. The minimum atomic E-state index is 0.123. The molecule has 0 bridgehead atoms. The summed E-state index contributed by atoms with van der Waals surface area (Å²) in [5.74, 6) is 0.245. The molecule has 1 aromatic carbocycles. The number of benzene rings is 1. The molecule has 106 valence electrons. The van der Waals surface area contributed by atoms with Gasteiger partial charge in [0, 0.05) is 26.2 Å². The van der Waals surface area contributed by atoms with Crippen LogP contribution in [0, 0.1) is 0 Å². The number of rotatable bonds is 2. The highest BCUT2D eigenvalue weighted by Gasteiger charge is 2.28. The maximum absolute atomic E-state index is 11.7. The van der Waals surface area contributed by atoms with Gasteiger partial charge in [-0.3, -0.25) is 9.59 Å². The molecule has 0 spiro atoms. The minimum absolute atomic E-state index is 0.123. The number of hydrogen-bond donors (Lipinski definition) is 0. The molecule has 20 heavy (non-hydrogen) atoms. The van der Waals surface area contributed by atoms with E-state index in [9.17, 15) is 9.59 Å². The summed E-state index contributed by atoms with van der Waals surface area (Å²) in [6.45, 7) is 2.72. The number of alkyl halides is 2. The lowest BCUT2D eigenvalue weighted by molar-refractivity contribution is -0.129. The average molecular weight is 402 g/mol. The Morgan fingerprint density at radius 1 is 0.800 bits per heavy atom. The van der Waals surface area contributed by atoms with Crippen molar-refractivity contribution in [2.45, 2.75) is 26.2 Å². The van der Waals surface area contributed by atoms with E-state index in [0.29, 0.717) is 36.8 Å². The van der Waals surface area contributed by atoms with E-state index in [1.54, 1.807) is 0 Å². The van der Waals surface area contributed by atoms with Crippen LogP contribution in [0.1, 0.15) is 22.3 Å². The summed E-state index contributed by atoms with van der Waals surface area (Å²) in [6.07, 6.45) is 0. The van der Waals surface area contributed by atoms with E-state index in [0.717, 1.165) is 0 Å². The molecule has 0 fully saturated rings. The van der Waals surface area contributed by atoms with Crippen molar-refractivity contribution >= 4 is 43.7 Å². The second-order valence-electron chi connectivity index (χ2n) is 5.16. The molecule has 0 atom stereocenters. The SMILES string of the molecule is O=C(CBr)N1Cc2cc3c(cc2C1)CN(C(=O)CBr)C3. The average Bonchev–Trinajstić information content (AvgIpc) is 3.05. The first kappa shape index (κ1) is 14.1. The van der Waals surface area contributed by atoms with Gasteiger partial charge in [0.05, 0.1) is 10.7 Å². The van der Waals surface area contributed by atoms with Crippen LogP contribution in [-0.4, -0.2) is 32.3 Å². The number of hydrogen-bond acceptors (Lipinski definition) is 2. The van der Waals surface area contributed by atoms with Crippen LogP contribution in [0.3, 0.4) is 0 Å².